The smallest absolute Gasteiger partial charge is 0.330 e. The summed E-state index contributed by atoms with van der Waals surface area (Å²) in [6.07, 6.45) is 0. The zero-order valence-corrected chi connectivity index (χ0v) is 10.9. The van der Waals surface area contributed by atoms with Gasteiger partial charge in [0.15, 0.2) is 6.04 Å². The molecule has 0 spiro atoms. The molecule has 2 aromatic carbocycles. The van der Waals surface area contributed by atoms with Crippen molar-refractivity contribution < 1.29 is 24.9 Å². The molecule has 6 nitrogen and oxygen atoms in total. The fourth-order valence-electron chi connectivity index (χ4n) is 1.85. The van der Waals surface area contributed by atoms with Crippen LogP contribution < -0.4 is 5.32 Å². The van der Waals surface area contributed by atoms with Crippen molar-refractivity contribution in [2.45, 2.75) is 6.04 Å². The lowest BCUT2D eigenvalue weighted by Gasteiger charge is -2.15. The number of aliphatic carboxylic acids is 1. The Kier molecular flexibility index (Phi) is 4.08. The zero-order valence-electron chi connectivity index (χ0n) is 10.9. The van der Waals surface area contributed by atoms with Gasteiger partial charge < -0.3 is 20.6 Å². The molecule has 0 unspecified atom stereocenters. The first-order chi connectivity index (χ1) is 9.99. The Morgan fingerprint density at radius 2 is 1.67 bits per heavy atom. The van der Waals surface area contributed by atoms with Crippen LogP contribution in [-0.4, -0.2) is 27.2 Å². The number of hydrogen-bond acceptors (Lipinski definition) is 4. The zero-order chi connectivity index (χ0) is 15.4. The number of carbonyl (C=O) groups is 2. The molecule has 0 aromatic heterocycles. The minimum atomic E-state index is -1.23. The Hall–Kier alpha value is -3.02. The van der Waals surface area contributed by atoms with Crippen molar-refractivity contribution >= 4 is 11.9 Å². The molecule has 6 heteroatoms. The van der Waals surface area contributed by atoms with Crippen molar-refractivity contribution in [3.05, 3.63) is 59.7 Å². The van der Waals surface area contributed by atoms with Crippen molar-refractivity contribution in [3.63, 3.8) is 0 Å². The fraction of sp³-hybridized carbons (Fsp3) is 0.0667. The molecule has 2 aromatic rings. The van der Waals surface area contributed by atoms with Crippen LogP contribution in [0.1, 0.15) is 22.0 Å². The number of phenolic OH excluding ortho intramolecular Hbond substituents is 2. The fourth-order valence-corrected chi connectivity index (χ4v) is 1.85. The van der Waals surface area contributed by atoms with Gasteiger partial charge in [0.2, 0.25) is 0 Å². The number of phenols is 2. The van der Waals surface area contributed by atoms with E-state index < -0.39 is 23.7 Å². The molecular weight excluding hydrogens is 274 g/mol. The second-order valence-corrected chi connectivity index (χ2v) is 4.36. The van der Waals surface area contributed by atoms with Gasteiger partial charge in [0.25, 0.3) is 5.91 Å². The first-order valence-electron chi connectivity index (χ1n) is 6.09. The molecule has 4 N–H and O–H groups in total. The number of amides is 1. The predicted octanol–water partition coefficient (Wildman–Crippen LogP) is 1.65. The molecule has 0 radical (unpaired) electrons. The highest BCUT2D eigenvalue weighted by molar-refractivity contribution is 5.99. The maximum atomic E-state index is 12.0. The van der Waals surface area contributed by atoms with Crippen LogP contribution in [0.4, 0.5) is 0 Å². The van der Waals surface area contributed by atoms with Gasteiger partial charge in [-0.05, 0) is 17.7 Å². The van der Waals surface area contributed by atoms with Crippen molar-refractivity contribution in [1.29, 1.82) is 0 Å². The number of nitrogens with one attached hydrogen (secondary N) is 1. The van der Waals surface area contributed by atoms with Gasteiger partial charge in [0.1, 0.15) is 11.5 Å². The average Bonchev–Trinajstić information content (AvgIpc) is 2.45. The van der Waals surface area contributed by atoms with E-state index in [4.69, 9.17) is 0 Å². The van der Waals surface area contributed by atoms with Crippen LogP contribution in [0.2, 0.25) is 0 Å². The molecule has 108 valence electrons. The number of carbonyl (C=O) groups excluding carboxylic acids is 1. The summed E-state index contributed by atoms with van der Waals surface area (Å²) in [5.74, 6) is -2.58. The van der Waals surface area contributed by atoms with Crippen LogP contribution in [0, 0.1) is 0 Å². The van der Waals surface area contributed by atoms with E-state index in [1.165, 1.54) is 12.1 Å². The Morgan fingerprint density at radius 3 is 2.24 bits per heavy atom. The van der Waals surface area contributed by atoms with Gasteiger partial charge in [-0.3, -0.25) is 4.79 Å². The highest BCUT2D eigenvalue weighted by Gasteiger charge is 2.23. The maximum Gasteiger partial charge on any atom is 0.330 e. The lowest BCUT2D eigenvalue weighted by molar-refractivity contribution is -0.139. The minimum absolute atomic E-state index is 0.116. The van der Waals surface area contributed by atoms with Crippen LogP contribution >= 0.6 is 0 Å². The largest absolute Gasteiger partial charge is 0.508 e. The van der Waals surface area contributed by atoms with E-state index in [9.17, 15) is 24.9 Å². The molecule has 0 aliphatic carbocycles. The van der Waals surface area contributed by atoms with E-state index in [2.05, 4.69) is 5.32 Å². The predicted molar refractivity (Wildman–Crippen MR) is 74.1 cm³/mol. The molecule has 0 aliphatic heterocycles. The second-order valence-electron chi connectivity index (χ2n) is 4.36. The summed E-state index contributed by atoms with van der Waals surface area (Å²) in [5, 5.41) is 30.3. The van der Waals surface area contributed by atoms with Gasteiger partial charge in [-0.1, -0.05) is 30.3 Å². The molecular formula is C15H13NO5. The van der Waals surface area contributed by atoms with Crippen LogP contribution in [-0.2, 0) is 4.79 Å². The maximum absolute atomic E-state index is 12.0. The third kappa shape index (κ3) is 3.30. The average molecular weight is 287 g/mol. The molecule has 0 saturated heterocycles. The summed E-state index contributed by atoms with van der Waals surface area (Å²) in [6, 6.07) is 10.4. The lowest BCUT2D eigenvalue weighted by Crippen LogP contribution is -2.33. The lowest BCUT2D eigenvalue weighted by atomic mass is 10.1. The minimum Gasteiger partial charge on any atom is -0.508 e. The highest BCUT2D eigenvalue weighted by Crippen LogP contribution is 2.23. The van der Waals surface area contributed by atoms with E-state index in [1.54, 1.807) is 30.3 Å². The second kappa shape index (κ2) is 5.96. The molecule has 21 heavy (non-hydrogen) atoms. The van der Waals surface area contributed by atoms with Crippen LogP contribution in [0.25, 0.3) is 0 Å². The first kappa shape index (κ1) is 14.4. The summed E-state index contributed by atoms with van der Waals surface area (Å²) in [7, 11) is 0. The highest BCUT2D eigenvalue weighted by atomic mass is 16.4. The van der Waals surface area contributed by atoms with Crippen molar-refractivity contribution in [1.82, 2.24) is 5.32 Å². The summed E-state index contributed by atoms with van der Waals surface area (Å²) in [6.45, 7) is 0. The Bertz CT molecular complexity index is 669. The molecule has 2 rings (SSSR count). The number of carboxylic acids is 1. The molecule has 0 aliphatic rings. The molecule has 1 amide bonds. The van der Waals surface area contributed by atoms with E-state index >= 15 is 0 Å². The van der Waals surface area contributed by atoms with Gasteiger partial charge in [0, 0.05) is 6.07 Å². The normalized spacial score (nSPS) is 11.6. The van der Waals surface area contributed by atoms with Gasteiger partial charge in [-0.15, -0.1) is 0 Å². The Labute approximate surface area is 120 Å². The van der Waals surface area contributed by atoms with Gasteiger partial charge in [-0.2, -0.15) is 0 Å². The summed E-state index contributed by atoms with van der Waals surface area (Å²) < 4.78 is 0. The number of aromatic hydroxyl groups is 2. The third-order valence-electron chi connectivity index (χ3n) is 2.88. The molecule has 0 saturated carbocycles. The van der Waals surface area contributed by atoms with Crippen molar-refractivity contribution in [2.75, 3.05) is 0 Å². The summed E-state index contributed by atoms with van der Waals surface area (Å²) in [4.78, 5) is 23.3. The number of benzene rings is 2. The summed E-state index contributed by atoms with van der Waals surface area (Å²) in [5.41, 5.74) is 0.298. The quantitative estimate of drug-likeness (QED) is 0.684. The number of hydrogen-bond donors (Lipinski definition) is 4. The standard InChI is InChI=1S/C15H13NO5/c17-10-6-7-11(12(18)8-10)14(19)16-13(15(20)21)9-4-2-1-3-5-9/h1-8,13,17-18H,(H,16,19)(H,20,21)/t13-/m1/s1. The van der Waals surface area contributed by atoms with Crippen molar-refractivity contribution in [2.24, 2.45) is 0 Å². The van der Waals surface area contributed by atoms with Crippen LogP contribution in [0.5, 0.6) is 11.5 Å². The van der Waals surface area contributed by atoms with E-state index in [-0.39, 0.29) is 11.3 Å². The number of carboxylic acid groups (broad SMARTS) is 1. The Morgan fingerprint density at radius 1 is 1.00 bits per heavy atom. The first-order valence-corrected chi connectivity index (χ1v) is 6.09. The van der Waals surface area contributed by atoms with Crippen LogP contribution in [0.3, 0.4) is 0 Å². The topological polar surface area (TPSA) is 107 Å². The van der Waals surface area contributed by atoms with E-state index in [0.717, 1.165) is 6.07 Å². The van der Waals surface area contributed by atoms with Gasteiger partial charge >= 0.3 is 5.97 Å². The Balaban J connectivity index is 2.25. The number of rotatable bonds is 4. The van der Waals surface area contributed by atoms with Gasteiger partial charge in [0.05, 0.1) is 5.56 Å². The molecule has 0 bridgehead atoms. The van der Waals surface area contributed by atoms with Crippen LogP contribution in [0.15, 0.2) is 48.5 Å². The molecule has 1 atom stereocenters. The third-order valence-corrected chi connectivity index (χ3v) is 2.88. The van der Waals surface area contributed by atoms with Crippen molar-refractivity contribution in [3.8, 4) is 11.5 Å². The SMILES string of the molecule is O=C(N[C@@H](C(=O)O)c1ccccc1)c1ccc(O)cc1O. The van der Waals surface area contributed by atoms with E-state index in [1.807, 2.05) is 0 Å². The van der Waals surface area contributed by atoms with E-state index in [0.29, 0.717) is 5.56 Å². The molecule has 0 fully saturated rings. The monoisotopic (exact) mass is 287 g/mol. The molecule has 0 heterocycles. The van der Waals surface area contributed by atoms with Gasteiger partial charge in [-0.25, -0.2) is 4.79 Å². The summed E-state index contributed by atoms with van der Waals surface area (Å²) >= 11 is 0.